The van der Waals surface area contributed by atoms with E-state index in [1.54, 1.807) is 13.8 Å². The highest BCUT2D eigenvalue weighted by molar-refractivity contribution is 5.93. The van der Waals surface area contributed by atoms with E-state index in [1.807, 2.05) is 0 Å². The number of rotatable bonds is 10. The number of carbonyl (C=O) groups is 2. The zero-order valence-electron chi connectivity index (χ0n) is 16.8. The molecule has 0 aromatic heterocycles. The van der Waals surface area contributed by atoms with E-state index in [2.05, 4.69) is 17.8 Å². The van der Waals surface area contributed by atoms with E-state index in [0.29, 0.717) is 6.42 Å². The second kappa shape index (κ2) is 10.5. The van der Waals surface area contributed by atoms with Crippen molar-refractivity contribution in [3.63, 3.8) is 0 Å². The third kappa shape index (κ3) is 6.82. The van der Waals surface area contributed by atoms with E-state index < -0.39 is 35.1 Å². The summed E-state index contributed by atoms with van der Waals surface area (Å²) < 4.78 is 42.8. The van der Waals surface area contributed by atoms with Gasteiger partial charge in [0, 0.05) is 11.6 Å². The van der Waals surface area contributed by atoms with Crippen molar-refractivity contribution in [2.75, 3.05) is 7.11 Å². The fraction of sp³-hybridized carbons (Fsp3) is 0.600. The Balaban J connectivity index is 2.79. The van der Waals surface area contributed by atoms with E-state index in [-0.39, 0.29) is 5.56 Å². The minimum absolute atomic E-state index is 0.0844. The van der Waals surface area contributed by atoms with E-state index in [1.165, 1.54) is 7.11 Å². The predicted molar refractivity (Wildman–Crippen MR) is 100 cm³/mol. The number of ether oxygens (including phenoxy) is 1. The number of nitrogens with one attached hydrogen (secondary N) is 2. The van der Waals surface area contributed by atoms with Crippen molar-refractivity contribution in [1.29, 1.82) is 0 Å². The molecule has 1 amide bonds. The Morgan fingerprint density at radius 1 is 1.07 bits per heavy atom. The molecule has 0 fully saturated rings. The largest absolute Gasteiger partial charge is 0.469 e. The number of unbranched alkanes of at least 4 members (excludes halogenated alkanes) is 3. The molecule has 0 radical (unpaired) electrons. The number of benzene rings is 1. The van der Waals surface area contributed by atoms with Crippen LogP contribution in [-0.2, 0) is 15.7 Å². The summed E-state index contributed by atoms with van der Waals surface area (Å²) in [6.07, 6.45) is 0.185. The molecule has 2 N–H and O–H groups in total. The monoisotopic (exact) mass is 402 g/mol. The highest BCUT2D eigenvalue weighted by Crippen LogP contribution is 2.29. The average Bonchev–Trinajstić information content (AvgIpc) is 2.65. The minimum atomic E-state index is -4.46. The fourth-order valence-corrected chi connectivity index (χ4v) is 2.83. The van der Waals surface area contributed by atoms with Gasteiger partial charge in [0.25, 0.3) is 5.91 Å². The summed E-state index contributed by atoms with van der Waals surface area (Å²) in [4.78, 5) is 24.4. The van der Waals surface area contributed by atoms with Crippen molar-refractivity contribution < 1.29 is 27.5 Å². The van der Waals surface area contributed by atoms with Gasteiger partial charge in [-0.1, -0.05) is 32.6 Å². The van der Waals surface area contributed by atoms with Crippen LogP contribution in [0.5, 0.6) is 0 Å². The predicted octanol–water partition coefficient (Wildman–Crippen LogP) is 4.48. The summed E-state index contributed by atoms with van der Waals surface area (Å²) in [5.41, 5.74) is 3.75. The van der Waals surface area contributed by atoms with Gasteiger partial charge in [0.2, 0.25) is 0 Å². The number of hydrazine groups is 1. The number of halogens is 3. The molecule has 0 saturated heterocycles. The molecule has 1 aromatic rings. The average molecular weight is 402 g/mol. The lowest BCUT2D eigenvalue weighted by molar-refractivity contribution is -0.152. The number of hydrogen-bond donors (Lipinski definition) is 2. The minimum Gasteiger partial charge on any atom is -0.469 e. The first-order chi connectivity index (χ1) is 13.0. The molecule has 0 unspecified atom stereocenters. The number of methoxy groups -OCH3 is 1. The van der Waals surface area contributed by atoms with Crippen LogP contribution >= 0.6 is 0 Å². The first kappa shape index (κ1) is 23.9. The Hall–Kier alpha value is -2.09. The maximum absolute atomic E-state index is 12.6. The molecule has 1 aromatic carbocycles. The summed E-state index contributed by atoms with van der Waals surface area (Å²) in [5, 5.41) is 0. The Labute approximate surface area is 164 Å². The number of carbonyl (C=O) groups excluding carboxylic acids is 2. The second-order valence-electron chi connectivity index (χ2n) is 7.29. The first-order valence-electron chi connectivity index (χ1n) is 9.35. The molecule has 0 spiro atoms. The Kier molecular flexibility index (Phi) is 8.94. The third-order valence-electron chi connectivity index (χ3n) is 4.76. The van der Waals surface area contributed by atoms with Gasteiger partial charge in [-0.15, -0.1) is 0 Å². The van der Waals surface area contributed by atoms with Crippen LogP contribution in [0.3, 0.4) is 0 Å². The topological polar surface area (TPSA) is 67.4 Å². The lowest BCUT2D eigenvalue weighted by Crippen LogP contribution is -2.53. The van der Waals surface area contributed by atoms with Gasteiger partial charge >= 0.3 is 12.1 Å². The van der Waals surface area contributed by atoms with Gasteiger partial charge < -0.3 is 4.74 Å². The Morgan fingerprint density at radius 3 is 2.18 bits per heavy atom. The van der Waals surface area contributed by atoms with E-state index in [0.717, 1.165) is 49.9 Å². The molecule has 0 aliphatic heterocycles. The molecule has 5 nitrogen and oxygen atoms in total. The standard InChI is InChI=1S/C20H29F3N2O3/c1-5-6-7-8-9-16(19(2,3)18(27)28-4)24-25-17(26)14-10-12-15(13-11-14)20(21,22)23/h10-13,16,24H,5-9H2,1-4H3,(H,25,26)/t16-/m1/s1. The molecule has 0 aliphatic rings. The Morgan fingerprint density at radius 2 is 1.68 bits per heavy atom. The van der Waals surface area contributed by atoms with Gasteiger partial charge in [-0.3, -0.25) is 15.0 Å². The number of alkyl halides is 3. The van der Waals surface area contributed by atoms with Crippen LogP contribution in [0.15, 0.2) is 24.3 Å². The molecule has 1 atom stereocenters. The number of amides is 1. The SMILES string of the molecule is CCCCCC[C@@H](NNC(=O)c1ccc(C(F)(F)F)cc1)C(C)(C)C(=O)OC. The summed E-state index contributed by atoms with van der Waals surface area (Å²) in [7, 11) is 1.30. The molecule has 0 saturated carbocycles. The normalized spacial score (nSPS) is 13.1. The van der Waals surface area contributed by atoms with Crippen LogP contribution in [0.4, 0.5) is 13.2 Å². The molecule has 8 heteroatoms. The second-order valence-corrected chi connectivity index (χ2v) is 7.29. The van der Waals surface area contributed by atoms with E-state index in [9.17, 15) is 22.8 Å². The third-order valence-corrected chi connectivity index (χ3v) is 4.76. The highest BCUT2D eigenvalue weighted by atomic mass is 19.4. The van der Waals surface area contributed by atoms with Crippen molar-refractivity contribution in [2.45, 2.75) is 65.1 Å². The lowest BCUT2D eigenvalue weighted by atomic mass is 9.82. The van der Waals surface area contributed by atoms with Gasteiger partial charge in [0.1, 0.15) is 0 Å². The maximum Gasteiger partial charge on any atom is 0.416 e. The van der Waals surface area contributed by atoms with Gasteiger partial charge in [-0.25, -0.2) is 5.43 Å². The van der Waals surface area contributed by atoms with Gasteiger partial charge in [-0.2, -0.15) is 13.2 Å². The first-order valence-corrected chi connectivity index (χ1v) is 9.35. The zero-order chi connectivity index (χ0) is 21.4. The smallest absolute Gasteiger partial charge is 0.416 e. The summed E-state index contributed by atoms with van der Waals surface area (Å²) in [6, 6.07) is 3.55. The molecule has 28 heavy (non-hydrogen) atoms. The van der Waals surface area contributed by atoms with Crippen LogP contribution in [0.1, 0.15) is 68.8 Å². The number of esters is 1. The van der Waals surface area contributed by atoms with E-state index in [4.69, 9.17) is 4.74 Å². The van der Waals surface area contributed by atoms with Crippen LogP contribution in [0, 0.1) is 5.41 Å². The maximum atomic E-state index is 12.6. The zero-order valence-corrected chi connectivity index (χ0v) is 16.8. The van der Waals surface area contributed by atoms with Crippen LogP contribution in [0.2, 0.25) is 0 Å². The molecular formula is C20H29F3N2O3. The van der Waals surface area contributed by atoms with Crippen LogP contribution in [-0.4, -0.2) is 25.0 Å². The van der Waals surface area contributed by atoms with Gasteiger partial charge in [-0.05, 0) is 44.5 Å². The van der Waals surface area contributed by atoms with Crippen molar-refractivity contribution >= 4 is 11.9 Å². The molecule has 0 bridgehead atoms. The van der Waals surface area contributed by atoms with Crippen LogP contribution < -0.4 is 10.9 Å². The molecule has 0 aliphatic carbocycles. The van der Waals surface area contributed by atoms with E-state index >= 15 is 0 Å². The van der Waals surface area contributed by atoms with Gasteiger partial charge in [0.05, 0.1) is 18.1 Å². The summed E-state index contributed by atoms with van der Waals surface area (Å²) >= 11 is 0. The van der Waals surface area contributed by atoms with Crippen molar-refractivity contribution in [2.24, 2.45) is 5.41 Å². The van der Waals surface area contributed by atoms with Crippen LogP contribution in [0.25, 0.3) is 0 Å². The molecule has 1 rings (SSSR count). The molecular weight excluding hydrogens is 373 g/mol. The summed E-state index contributed by atoms with van der Waals surface area (Å²) in [5.74, 6) is -0.989. The fourth-order valence-electron chi connectivity index (χ4n) is 2.83. The molecule has 0 heterocycles. The highest BCUT2D eigenvalue weighted by Gasteiger charge is 2.38. The Bertz CT molecular complexity index is 643. The quantitative estimate of drug-likeness (QED) is 0.344. The van der Waals surface area contributed by atoms with Crippen molar-refractivity contribution in [3.8, 4) is 0 Å². The lowest BCUT2D eigenvalue weighted by Gasteiger charge is -2.32. The van der Waals surface area contributed by atoms with Crippen molar-refractivity contribution in [1.82, 2.24) is 10.9 Å². The van der Waals surface area contributed by atoms with Crippen molar-refractivity contribution in [3.05, 3.63) is 35.4 Å². The number of hydrogen-bond acceptors (Lipinski definition) is 4. The molecule has 158 valence electrons. The summed E-state index contributed by atoms with van der Waals surface area (Å²) in [6.45, 7) is 5.54. The van der Waals surface area contributed by atoms with Gasteiger partial charge in [0.15, 0.2) is 0 Å².